The van der Waals surface area contributed by atoms with Crippen LogP contribution >= 0.6 is 11.3 Å². The van der Waals surface area contributed by atoms with Crippen molar-refractivity contribution in [2.45, 2.75) is 37.5 Å². The Morgan fingerprint density at radius 3 is 2.72 bits per heavy atom. The number of amides is 1. The molecule has 0 radical (unpaired) electrons. The number of hydrogen-bond acceptors (Lipinski definition) is 5. The van der Waals surface area contributed by atoms with Crippen LogP contribution in [0.2, 0.25) is 0 Å². The third kappa shape index (κ3) is 2.41. The number of carbonyl (C=O) groups excluding carboxylic acids is 1. The minimum atomic E-state index is -0.355. The zero-order chi connectivity index (χ0) is 12.4. The number of ether oxygens (including phenoxy) is 2. The van der Waals surface area contributed by atoms with Gasteiger partial charge in [-0.05, 0) is 12.8 Å². The number of rotatable bonds is 2. The summed E-state index contributed by atoms with van der Waals surface area (Å²) in [6, 6.07) is 0.220. The molecular weight excluding hydrogens is 252 g/mol. The van der Waals surface area contributed by atoms with Crippen LogP contribution in [0.5, 0.6) is 0 Å². The highest BCUT2D eigenvalue weighted by molar-refractivity contribution is 7.11. The van der Waals surface area contributed by atoms with E-state index in [1.54, 1.807) is 11.7 Å². The van der Waals surface area contributed by atoms with Gasteiger partial charge in [0.25, 0.3) is 5.91 Å². The van der Waals surface area contributed by atoms with Gasteiger partial charge in [-0.1, -0.05) is 0 Å². The fourth-order valence-electron chi connectivity index (χ4n) is 2.57. The van der Waals surface area contributed by atoms with E-state index < -0.39 is 0 Å². The molecular formula is C12H16N2O3S. The van der Waals surface area contributed by atoms with Crippen LogP contribution in [0.4, 0.5) is 0 Å². The Balaban J connectivity index is 1.52. The first-order chi connectivity index (χ1) is 8.77. The summed E-state index contributed by atoms with van der Waals surface area (Å²) in [4.78, 5) is 16.5. The third-order valence-electron chi connectivity index (χ3n) is 3.55. The predicted molar refractivity (Wildman–Crippen MR) is 66.5 cm³/mol. The molecule has 3 rings (SSSR count). The van der Waals surface area contributed by atoms with Gasteiger partial charge in [-0.3, -0.25) is 9.78 Å². The minimum absolute atomic E-state index is 0.0216. The van der Waals surface area contributed by atoms with Gasteiger partial charge in [-0.15, -0.1) is 11.3 Å². The summed E-state index contributed by atoms with van der Waals surface area (Å²) in [5.74, 6) is -0.377. The molecule has 6 heteroatoms. The van der Waals surface area contributed by atoms with Crippen LogP contribution in [0.15, 0.2) is 11.7 Å². The second-order valence-corrected chi connectivity index (χ2v) is 5.61. The second-order valence-electron chi connectivity index (χ2n) is 4.72. The van der Waals surface area contributed by atoms with Crippen molar-refractivity contribution in [1.29, 1.82) is 0 Å². The largest absolute Gasteiger partial charge is 0.349 e. The Bertz CT molecular complexity index is 405. The minimum Gasteiger partial charge on any atom is -0.349 e. The van der Waals surface area contributed by atoms with E-state index in [0.29, 0.717) is 18.1 Å². The first-order valence-electron chi connectivity index (χ1n) is 6.25. The van der Waals surface area contributed by atoms with Gasteiger partial charge in [0.15, 0.2) is 5.79 Å². The van der Waals surface area contributed by atoms with E-state index >= 15 is 0 Å². The van der Waals surface area contributed by atoms with Crippen LogP contribution in [0, 0.1) is 0 Å². The van der Waals surface area contributed by atoms with Gasteiger partial charge in [0.05, 0.1) is 24.9 Å². The Morgan fingerprint density at radius 1 is 1.39 bits per heavy atom. The van der Waals surface area contributed by atoms with Gasteiger partial charge in [-0.25, -0.2) is 0 Å². The average molecular weight is 268 g/mol. The second kappa shape index (κ2) is 4.95. The molecule has 0 unspecified atom stereocenters. The summed E-state index contributed by atoms with van der Waals surface area (Å²) < 4.78 is 11.3. The van der Waals surface area contributed by atoms with Crippen LogP contribution < -0.4 is 5.32 Å². The number of thiazole rings is 1. The Kier molecular flexibility index (Phi) is 3.32. The molecule has 1 saturated carbocycles. The molecule has 0 bridgehead atoms. The lowest BCUT2D eigenvalue weighted by Crippen LogP contribution is -2.43. The van der Waals surface area contributed by atoms with Crippen molar-refractivity contribution in [3.63, 3.8) is 0 Å². The topological polar surface area (TPSA) is 60.5 Å². The van der Waals surface area contributed by atoms with Crippen molar-refractivity contribution in [3.05, 3.63) is 16.6 Å². The highest BCUT2D eigenvalue weighted by atomic mass is 32.1. The molecule has 2 fully saturated rings. The predicted octanol–water partition coefficient (Wildman–Crippen LogP) is 1.56. The van der Waals surface area contributed by atoms with Gasteiger partial charge < -0.3 is 14.8 Å². The van der Waals surface area contributed by atoms with Crippen LogP contribution in [0.3, 0.4) is 0 Å². The first kappa shape index (κ1) is 12.1. The molecule has 1 spiro atoms. The maximum absolute atomic E-state index is 11.9. The number of nitrogens with zero attached hydrogens (tertiary/aromatic N) is 1. The van der Waals surface area contributed by atoms with Crippen molar-refractivity contribution in [2.75, 3.05) is 13.2 Å². The smallest absolute Gasteiger partial charge is 0.263 e. The summed E-state index contributed by atoms with van der Waals surface area (Å²) in [5, 5.41) is 3.05. The highest BCUT2D eigenvalue weighted by Gasteiger charge is 2.40. The Morgan fingerprint density at radius 2 is 2.11 bits per heavy atom. The van der Waals surface area contributed by atoms with Crippen molar-refractivity contribution >= 4 is 17.2 Å². The summed E-state index contributed by atoms with van der Waals surface area (Å²) in [6.45, 7) is 1.38. The molecule has 1 aromatic heterocycles. The van der Waals surface area contributed by atoms with Crippen LogP contribution in [0.1, 0.15) is 35.4 Å². The van der Waals surface area contributed by atoms with Crippen molar-refractivity contribution < 1.29 is 14.3 Å². The monoisotopic (exact) mass is 268 g/mol. The zero-order valence-corrected chi connectivity index (χ0v) is 10.9. The normalized spacial score (nSPS) is 23.3. The van der Waals surface area contributed by atoms with E-state index in [2.05, 4.69) is 10.3 Å². The fourth-order valence-corrected chi connectivity index (χ4v) is 3.10. The molecule has 1 saturated heterocycles. The number of hydrogen-bond donors (Lipinski definition) is 1. The SMILES string of the molecule is O=C(NC1CCC2(CC1)OCCO2)c1cncs1. The lowest BCUT2D eigenvalue weighted by Gasteiger charge is -2.35. The van der Waals surface area contributed by atoms with Crippen LogP contribution in [0.25, 0.3) is 0 Å². The Hall–Kier alpha value is -0.980. The third-order valence-corrected chi connectivity index (χ3v) is 4.32. The van der Waals surface area contributed by atoms with Gasteiger partial charge in [0.1, 0.15) is 4.88 Å². The first-order valence-corrected chi connectivity index (χ1v) is 7.13. The van der Waals surface area contributed by atoms with Gasteiger partial charge in [-0.2, -0.15) is 0 Å². The number of carbonyl (C=O) groups is 1. The average Bonchev–Trinajstić information content (AvgIpc) is 3.04. The molecule has 0 atom stereocenters. The molecule has 1 aromatic rings. The van der Waals surface area contributed by atoms with E-state index in [1.165, 1.54) is 11.3 Å². The molecule has 2 aliphatic rings. The van der Waals surface area contributed by atoms with Crippen molar-refractivity contribution in [2.24, 2.45) is 0 Å². The summed E-state index contributed by atoms with van der Waals surface area (Å²) >= 11 is 1.37. The maximum atomic E-state index is 11.9. The van der Waals surface area contributed by atoms with Gasteiger partial charge >= 0.3 is 0 Å². The number of aromatic nitrogens is 1. The fraction of sp³-hybridized carbons (Fsp3) is 0.667. The molecule has 1 amide bonds. The van der Waals surface area contributed by atoms with E-state index in [4.69, 9.17) is 9.47 Å². The molecule has 5 nitrogen and oxygen atoms in total. The van der Waals surface area contributed by atoms with E-state index in [0.717, 1.165) is 25.7 Å². The van der Waals surface area contributed by atoms with Crippen molar-refractivity contribution in [1.82, 2.24) is 10.3 Å². The van der Waals surface area contributed by atoms with Crippen molar-refractivity contribution in [3.8, 4) is 0 Å². The zero-order valence-electron chi connectivity index (χ0n) is 10.1. The quantitative estimate of drug-likeness (QED) is 0.884. The lowest BCUT2D eigenvalue weighted by molar-refractivity contribution is -0.179. The van der Waals surface area contributed by atoms with Crippen LogP contribution in [-0.2, 0) is 9.47 Å². The van der Waals surface area contributed by atoms with Gasteiger partial charge in [0.2, 0.25) is 0 Å². The Labute approximate surface area is 110 Å². The molecule has 1 aliphatic carbocycles. The maximum Gasteiger partial charge on any atom is 0.263 e. The van der Waals surface area contributed by atoms with Gasteiger partial charge in [0, 0.05) is 18.9 Å². The molecule has 98 valence electrons. The molecule has 1 N–H and O–H groups in total. The van der Waals surface area contributed by atoms with E-state index in [1.807, 2.05) is 0 Å². The molecule has 18 heavy (non-hydrogen) atoms. The molecule has 0 aromatic carbocycles. The molecule has 2 heterocycles. The summed E-state index contributed by atoms with van der Waals surface area (Å²) in [6.07, 6.45) is 5.14. The lowest BCUT2D eigenvalue weighted by atomic mass is 9.90. The van der Waals surface area contributed by atoms with Crippen LogP contribution in [-0.4, -0.2) is 35.9 Å². The number of nitrogens with one attached hydrogen (secondary N) is 1. The van der Waals surface area contributed by atoms with E-state index in [-0.39, 0.29) is 17.7 Å². The summed E-state index contributed by atoms with van der Waals surface area (Å²) in [7, 11) is 0. The summed E-state index contributed by atoms with van der Waals surface area (Å²) in [5.41, 5.74) is 1.67. The molecule has 1 aliphatic heterocycles. The van der Waals surface area contributed by atoms with E-state index in [9.17, 15) is 4.79 Å². The standard InChI is InChI=1S/C12H16N2O3S/c15-11(10-7-13-8-18-10)14-9-1-3-12(4-2-9)16-5-6-17-12/h7-9H,1-6H2,(H,14,15). The highest BCUT2D eigenvalue weighted by Crippen LogP contribution is 2.35.